The number of para-hydroxylation sites is 1. The zero-order valence-corrected chi connectivity index (χ0v) is 28.1. The molecule has 2 N–H and O–H groups in total. The average Bonchev–Trinajstić information content (AvgIpc) is 3.62. The number of amidine groups is 1. The summed E-state index contributed by atoms with van der Waals surface area (Å²) in [5, 5.41) is 12.5. The van der Waals surface area contributed by atoms with Crippen LogP contribution in [0.5, 0.6) is 0 Å². The van der Waals surface area contributed by atoms with E-state index >= 15 is 0 Å². The number of nitrogens with zero attached hydrogens (tertiary/aromatic N) is 3. The standard InChI is InChI=1S/C45H37N5/c1-45(2)37-18-10-8-16-33(37)35-25-36-34-17-9-11-19-40(34)50(41(36)26-38(35)45)32-22-23-39(46-27-32)44-48-42(29-13-4-3-5-14-29)47-43(49-44)31-21-20-28-12-6-7-15-30(28)24-31/h3-21,23-27,32,42,44,48H,22H2,1-2H3,(H,47,49). The van der Waals surface area contributed by atoms with Gasteiger partial charge in [-0.1, -0.05) is 129 Å². The Morgan fingerprint density at radius 2 is 1.46 bits per heavy atom. The first-order valence-electron chi connectivity index (χ1n) is 17.6. The van der Waals surface area contributed by atoms with Crippen LogP contribution in [-0.4, -0.2) is 22.8 Å². The van der Waals surface area contributed by atoms with Gasteiger partial charge < -0.3 is 9.88 Å². The highest BCUT2D eigenvalue weighted by molar-refractivity contribution is 6.11. The van der Waals surface area contributed by atoms with Crippen LogP contribution in [0, 0.1) is 0 Å². The van der Waals surface area contributed by atoms with Crippen LogP contribution < -0.4 is 10.6 Å². The van der Waals surface area contributed by atoms with E-state index in [-0.39, 0.29) is 23.8 Å². The first-order chi connectivity index (χ1) is 24.5. The average molecular weight is 648 g/mol. The van der Waals surface area contributed by atoms with Crippen LogP contribution in [0.25, 0.3) is 43.7 Å². The molecule has 2 aliphatic heterocycles. The van der Waals surface area contributed by atoms with Crippen LogP contribution >= 0.6 is 0 Å². The van der Waals surface area contributed by atoms with E-state index in [2.05, 4.69) is 169 Å². The van der Waals surface area contributed by atoms with Crippen LogP contribution in [-0.2, 0) is 5.41 Å². The lowest BCUT2D eigenvalue weighted by atomic mass is 9.82. The van der Waals surface area contributed by atoms with Gasteiger partial charge in [-0.2, -0.15) is 0 Å². The van der Waals surface area contributed by atoms with Crippen LogP contribution in [0.1, 0.15) is 54.7 Å². The van der Waals surface area contributed by atoms with E-state index in [0.29, 0.717) is 0 Å². The van der Waals surface area contributed by atoms with Gasteiger partial charge in [0.1, 0.15) is 18.2 Å². The summed E-state index contributed by atoms with van der Waals surface area (Å²) < 4.78 is 2.51. The SMILES string of the molecule is CC1(C)c2ccccc2-c2cc3c4ccccc4n(C4C=NC(C5NC(c6ccc7ccccc7c6)=NC(c6ccccc6)N5)=CC4)c3cc21. The molecule has 0 saturated carbocycles. The van der Waals surface area contributed by atoms with Crippen molar-refractivity contribution in [3.63, 3.8) is 0 Å². The largest absolute Gasteiger partial charge is 0.349 e. The summed E-state index contributed by atoms with van der Waals surface area (Å²) in [5.41, 5.74) is 11.1. The lowest BCUT2D eigenvalue weighted by Crippen LogP contribution is -2.52. The van der Waals surface area contributed by atoms with E-state index in [1.165, 1.54) is 54.8 Å². The van der Waals surface area contributed by atoms with Crippen molar-refractivity contribution in [3.05, 3.63) is 167 Å². The van der Waals surface area contributed by atoms with Crippen molar-refractivity contribution in [2.75, 3.05) is 0 Å². The van der Waals surface area contributed by atoms with Gasteiger partial charge in [0.25, 0.3) is 0 Å². The van der Waals surface area contributed by atoms with Gasteiger partial charge in [0.2, 0.25) is 0 Å². The third-order valence-corrected chi connectivity index (χ3v) is 11.0. The molecule has 3 aliphatic rings. The van der Waals surface area contributed by atoms with Crippen molar-refractivity contribution in [2.24, 2.45) is 9.98 Å². The molecule has 3 heterocycles. The van der Waals surface area contributed by atoms with Gasteiger partial charge in [-0.05, 0) is 69.3 Å². The molecule has 3 atom stereocenters. The molecular formula is C45H37N5. The molecule has 6 aromatic carbocycles. The summed E-state index contributed by atoms with van der Waals surface area (Å²) in [6, 6.07) is 48.2. The number of aliphatic imine (C=N–C) groups is 2. The van der Waals surface area contributed by atoms with Crippen molar-refractivity contribution in [2.45, 2.75) is 44.1 Å². The Bertz CT molecular complexity index is 2570. The summed E-state index contributed by atoms with van der Waals surface area (Å²) in [6.45, 7) is 4.71. The van der Waals surface area contributed by atoms with E-state index in [4.69, 9.17) is 9.98 Å². The quantitative estimate of drug-likeness (QED) is 0.200. The summed E-state index contributed by atoms with van der Waals surface area (Å²) in [4.78, 5) is 10.3. The summed E-state index contributed by atoms with van der Waals surface area (Å²) >= 11 is 0. The van der Waals surface area contributed by atoms with Gasteiger partial charge in [0, 0.05) is 33.5 Å². The zero-order chi connectivity index (χ0) is 33.4. The summed E-state index contributed by atoms with van der Waals surface area (Å²) in [6.07, 6.45) is 4.89. The number of allylic oxidation sites excluding steroid dienone is 1. The lowest BCUT2D eigenvalue weighted by molar-refractivity contribution is 0.432. The molecule has 0 amide bonds. The Balaban J connectivity index is 1.02. The molecule has 0 radical (unpaired) electrons. The maximum absolute atomic E-state index is 5.18. The predicted octanol–water partition coefficient (Wildman–Crippen LogP) is 9.82. The van der Waals surface area contributed by atoms with Crippen molar-refractivity contribution in [1.29, 1.82) is 0 Å². The second-order valence-corrected chi connectivity index (χ2v) is 14.3. The van der Waals surface area contributed by atoms with Crippen LogP contribution in [0.3, 0.4) is 0 Å². The number of hydrogen-bond donors (Lipinski definition) is 2. The Labute approximate surface area is 291 Å². The van der Waals surface area contributed by atoms with Gasteiger partial charge in [-0.25, -0.2) is 4.99 Å². The lowest BCUT2D eigenvalue weighted by Gasteiger charge is -2.33. The van der Waals surface area contributed by atoms with E-state index in [1.54, 1.807) is 0 Å². The number of hydrogen-bond acceptors (Lipinski definition) is 4. The van der Waals surface area contributed by atoms with Crippen LogP contribution in [0.2, 0.25) is 0 Å². The highest BCUT2D eigenvalue weighted by atomic mass is 15.3. The Morgan fingerprint density at radius 3 is 2.32 bits per heavy atom. The molecular weight excluding hydrogens is 611 g/mol. The third-order valence-electron chi connectivity index (χ3n) is 11.0. The van der Waals surface area contributed by atoms with Crippen molar-refractivity contribution in [3.8, 4) is 11.1 Å². The van der Waals surface area contributed by atoms with Crippen molar-refractivity contribution < 1.29 is 0 Å². The topological polar surface area (TPSA) is 53.7 Å². The molecule has 3 unspecified atom stereocenters. The zero-order valence-electron chi connectivity index (χ0n) is 28.1. The van der Waals surface area contributed by atoms with Gasteiger partial charge in [-0.3, -0.25) is 10.3 Å². The normalized spacial score (nSPS) is 20.7. The first-order valence-corrected chi connectivity index (χ1v) is 17.6. The molecule has 5 nitrogen and oxygen atoms in total. The first kappa shape index (κ1) is 29.2. The molecule has 242 valence electrons. The molecule has 5 heteroatoms. The third kappa shape index (κ3) is 4.50. The number of benzene rings is 6. The Morgan fingerprint density at radius 1 is 0.680 bits per heavy atom. The van der Waals surface area contributed by atoms with Gasteiger partial charge in [-0.15, -0.1) is 0 Å². The van der Waals surface area contributed by atoms with E-state index < -0.39 is 0 Å². The molecule has 7 aromatic rings. The molecule has 1 aromatic heterocycles. The maximum Gasteiger partial charge on any atom is 0.131 e. The minimum absolute atomic E-state index is 0.0625. The van der Waals surface area contributed by atoms with Gasteiger partial charge in [0.05, 0.1) is 17.3 Å². The molecule has 0 fully saturated rings. The van der Waals surface area contributed by atoms with E-state index in [9.17, 15) is 0 Å². The number of nitrogens with one attached hydrogen (secondary N) is 2. The fraction of sp³-hybridized carbons (Fsp3) is 0.156. The fourth-order valence-corrected chi connectivity index (χ4v) is 8.44. The van der Waals surface area contributed by atoms with E-state index in [0.717, 1.165) is 29.1 Å². The summed E-state index contributed by atoms with van der Waals surface area (Å²) in [5.74, 6) is 0.867. The van der Waals surface area contributed by atoms with Gasteiger partial charge >= 0.3 is 0 Å². The molecule has 0 saturated heterocycles. The Kier molecular flexibility index (Phi) is 6.49. The highest BCUT2D eigenvalue weighted by Crippen LogP contribution is 2.51. The van der Waals surface area contributed by atoms with Crippen molar-refractivity contribution >= 4 is 44.6 Å². The maximum atomic E-state index is 5.18. The van der Waals surface area contributed by atoms with E-state index in [1.807, 2.05) is 6.07 Å². The molecule has 10 rings (SSSR count). The van der Waals surface area contributed by atoms with Gasteiger partial charge in [0.15, 0.2) is 0 Å². The molecule has 0 spiro atoms. The van der Waals surface area contributed by atoms with Crippen molar-refractivity contribution in [1.82, 2.24) is 15.2 Å². The number of fused-ring (bicyclic) bond motifs is 7. The minimum Gasteiger partial charge on any atom is -0.349 e. The minimum atomic E-state index is -0.204. The molecule has 1 aliphatic carbocycles. The van der Waals surface area contributed by atoms with Crippen LogP contribution in [0.15, 0.2) is 155 Å². The second kappa shape index (κ2) is 11.1. The molecule has 50 heavy (non-hydrogen) atoms. The molecule has 0 bridgehead atoms. The monoisotopic (exact) mass is 647 g/mol. The smallest absolute Gasteiger partial charge is 0.131 e. The van der Waals surface area contributed by atoms with Crippen LogP contribution in [0.4, 0.5) is 0 Å². The predicted molar refractivity (Wildman–Crippen MR) is 207 cm³/mol. The fourth-order valence-electron chi connectivity index (χ4n) is 8.44. The number of aromatic nitrogens is 1. The second-order valence-electron chi connectivity index (χ2n) is 14.3. The Hall–Kier alpha value is -5.78. The summed E-state index contributed by atoms with van der Waals surface area (Å²) in [7, 11) is 0. The number of rotatable bonds is 4. The highest BCUT2D eigenvalue weighted by Gasteiger charge is 2.36.